The molecule has 0 unspecified atom stereocenters. The van der Waals surface area contributed by atoms with Gasteiger partial charge >= 0.3 is 12.2 Å². The molecule has 1 N–H and O–H groups in total. The van der Waals surface area contributed by atoms with Crippen molar-refractivity contribution in [1.82, 2.24) is 20.0 Å². The van der Waals surface area contributed by atoms with Crippen molar-refractivity contribution in [2.45, 2.75) is 31.1 Å². The van der Waals surface area contributed by atoms with Crippen LogP contribution in [0.25, 0.3) is 0 Å². The first-order valence-corrected chi connectivity index (χ1v) is 9.40. The lowest BCUT2D eigenvalue weighted by molar-refractivity contribution is -0.140. The van der Waals surface area contributed by atoms with E-state index in [9.17, 15) is 22.8 Å². The van der Waals surface area contributed by atoms with Gasteiger partial charge in [0.1, 0.15) is 5.54 Å². The summed E-state index contributed by atoms with van der Waals surface area (Å²) in [4.78, 5) is 30.8. The number of amides is 3. The number of halogens is 3. The average Bonchev–Trinajstić information content (AvgIpc) is 2.86. The molecule has 9 heteroatoms. The molecule has 28 heavy (non-hydrogen) atoms. The van der Waals surface area contributed by atoms with Crippen LogP contribution in [0.3, 0.4) is 0 Å². The summed E-state index contributed by atoms with van der Waals surface area (Å²) in [6, 6.07) is 4.52. The minimum absolute atomic E-state index is 0.0974. The van der Waals surface area contributed by atoms with Gasteiger partial charge in [-0.3, -0.25) is 9.69 Å². The number of rotatable bonds is 4. The molecule has 1 atom stereocenters. The van der Waals surface area contributed by atoms with Crippen molar-refractivity contribution in [2.24, 2.45) is 5.92 Å². The molecule has 5 rings (SSSR count). The Morgan fingerprint density at radius 2 is 1.82 bits per heavy atom. The molecule has 1 aromatic rings. The van der Waals surface area contributed by atoms with Gasteiger partial charge in [-0.25, -0.2) is 9.69 Å². The van der Waals surface area contributed by atoms with Crippen molar-refractivity contribution < 1.29 is 22.8 Å². The third-order valence-corrected chi connectivity index (χ3v) is 6.08. The zero-order chi connectivity index (χ0) is 20.1. The average molecular weight is 396 g/mol. The summed E-state index contributed by atoms with van der Waals surface area (Å²) in [7, 11) is 1.74. The molecule has 4 aliphatic rings. The van der Waals surface area contributed by atoms with Crippen LogP contribution in [0.2, 0.25) is 0 Å². The summed E-state index contributed by atoms with van der Waals surface area (Å²) in [6.07, 6.45) is -2.56. The summed E-state index contributed by atoms with van der Waals surface area (Å²) in [5.74, 6) is -0.0228. The van der Waals surface area contributed by atoms with Crippen molar-refractivity contribution in [3.05, 3.63) is 35.4 Å². The van der Waals surface area contributed by atoms with E-state index in [1.54, 1.807) is 11.9 Å². The molecule has 0 aromatic heterocycles. The zero-order valence-corrected chi connectivity index (χ0v) is 15.6. The topological polar surface area (TPSA) is 55.9 Å². The van der Waals surface area contributed by atoms with Gasteiger partial charge in [-0.2, -0.15) is 13.2 Å². The third-order valence-electron chi connectivity index (χ3n) is 6.08. The second-order valence-electron chi connectivity index (χ2n) is 8.04. The lowest BCUT2D eigenvalue weighted by Gasteiger charge is -2.49. The van der Waals surface area contributed by atoms with Crippen LogP contribution in [0.4, 0.5) is 18.0 Å². The molecule has 2 bridgehead atoms. The van der Waals surface area contributed by atoms with Gasteiger partial charge in [-0.05, 0) is 56.6 Å². The number of benzene rings is 1. The Morgan fingerprint density at radius 1 is 1.18 bits per heavy atom. The first-order valence-electron chi connectivity index (χ1n) is 9.40. The predicted octanol–water partition coefficient (Wildman–Crippen LogP) is 2.11. The molecule has 4 fully saturated rings. The Morgan fingerprint density at radius 3 is 2.36 bits per heavy atom. The second kappa shape index (κ2) is 6.73. The van der Waals surface area contributed by atoms with E-state index in [-0.39, 0.29) is 18.5 Å². The van der Waals surface area contributed by atoms with E-state index in [1.165, 1.54) is 17.0 Å². The number of hydrogen-bond donors (Lipinski definition) is 1. The van der Waals surface area contributed by atoms with Crippen LogP contribution < -0.4 is 5.32 Å². The second-order valence-corrected chi connectivity index (χ2v) is 8.04. The molecule has 4 aliphatic heterocycles. The van der Waals surface area contributed by atoms with Crippen LogP contribution in [0, 0.1) is 5.92 Å². The Labute approximate surface area is 161 Å². The van der Waals surface area contributed by atoms with E-state index in [4.69, 9.17) is 0 Å². The quantitative estimate of drug-likeness (QED) is 0.793. The number of imide groups is 1. The smallest absolute Gasteiger partial charge is 0.322 e. The lowest BCUT2D eigenvalue weighted by Crippen LogP contribution is -2.67. The Hall–Kier alpha value is -2.13. The predicted molar refractivity (Wildman–Crippen MR) is 95.1 cm³/mol. The van der Waals surface area contributed by atoms with Crippen LogP contribution in [0.15, 0.2) is 24.3 Å². The van der Waals surface area contributed by atoms with Crippen molar-refractivity contribution in [1.29, 1.82) is 0 Å². The number of carbonyl (C=O) groups excluding carboxylic acids is 2. The number of urea groups is 1. The van der Waals surface area contributed by atoms with Crippen molar-refractivity contribution in [2.75, 3.05) is 33.4 Å². The van der Waals surface area contributed by atoms with Gasteiger partial charge in [0.15, 0.2) is 0 Å². The lowest BCUT2D eigenvalue weighted by atomic mass is 9.73. The van der Waals surface area contributed by atoms with Gasteiger partial charge < -0.3 is 10.2 Å². The van der Waals surface area contributed by atoms with Gasteiger partial charge in [0.05, 0.1) is 12.2 Å². The molecule has 1 aromatic carbocycles. The summed E-state index contributed by atoms with van der Waals surface area (Å²) in [5.41, 5.74) is -0.833. The molecule has 4 saturated heterocycles. The molecule has 6 nitrogen and oxygen atoms in total. The number of nitrogens with one attached hydrogen (secondary N) is 1. The highest BCUT2D eigenvalue weighted by molar-refractivity contribution is 6.07. The number of carbonyl (C=O) groups is 2. The maximum absolute atomic E-state index is 13.1. The summed E-state index contributed by atoms with van der Waals surface area (Å²) in [6.45, 7) is 2.91. The molecule has 0 saturated carbocycles. The van der Waals surface area contributed by atoms with Crippen molar-refractivity contribution in [3.63, 3.8) is 0 Å². The Kier molecular flexibility index (Phi) is 4.62. The van der Waals surface area contributed by atoms with Crippen LogP contribution in [-0.2, 0) is 17.5 Å². The Balaban J connectivity index is 1.41. The fourth-order valence-electron chi connectivity index (χ4n) is 4.63. The molecule has 0 aliphatic carbocycles. The summed E-state index contributed by atoms with van der Waals surface area (Å²) >= 11 is 0. The highest BCUT2D eigenvalue weighted by Crippen LogP contribution is 2.39. The number of piperidine rings is 3. The third kappa shape index (κ3) is 3.26. The molecule has 3 amide bonds. The van der Waals surface area contributed by atoms with Crippen molar-refractivity contribution >= 4 is 11.9 Å². The van der Waals surface area contributed by atoms with Crippen LogP contribution in [0.5, 0.6) is 0 Å². The normalized spacial score (nSPS) is 29.8. The SMILES string of the molecule is CN(Cc1ccc(C(F)(F)F)cc1)CN1C(=O)N[C@]2(CN3CCC2CC3)C1=O. The van der Waals surface area contributed by atoms with E-state index in [0.717, 1.165) is 38.1 Å². The largest absolute Gasteiger partial charge is 0.416 e. The van der Waals surface area contributed by atoms with Gasteiger partial charge in [0.2, 0.25) is 0 Å². The Bertz CT molecular complexity index is 774. The molecular formula is C19H23F3N4O2. The maximum Gasteiger partial charge on any atom is 0.416 e. The summed E-state index contributed by atoms with van der Waals surface area (Å²) in [5, 5.41) is 2.94. The minimum Gasteiger partial charge on any atom is -0.322 e. The molecule has 0 radical (unpaired) electrons. The first kappa shape index (κ1) is 19.2. The van der Waals surface area contributed by atoms with Gasteiger partial charge in [-0.15, -0.1) is 0 Å². The zero-order valence-electron chi connectivity index (χ0n) is 15.6. The number of fused-ring (bicyclic) bond motifs is 2. The fourth-order valence-corrected chi connectivity index (χ4v) is 4.63. The minimum atomic E-state index is -4.37. The van der Waals surface area contributed by atoms with Gasteiger partial charge in [0.25, 0.3) is 5.91 Å². The summed E-state index contributed by atoms with van der Waals surface area (Å²) < 4.78 is 38.0. The number of hydrogen-bond acceptors (Lipinski definition) is 4. The van der Waals surface area contributed by atoms with E-state index in [1.807, 2.05) is 0 Å². The maximum atomic E-state index is 13.1. The monoisotopic (exact) mass is 396 g/mol. The molecular weight excluding hydrogens is 373 g/mol. The first-order chi connectivity index (χ1) is 13.2. The highest BCUT2D eigenvalue weighted by Gasteiger charge is 2.59. The molecule has 152 valence electrons. The number of alkyl halides is 3. The molecule has 1 spiro atoms. The van der Waals surface area contributed by atoms with Gasteiger partial charge in [-0.1, -0.05) is 12.1 Å². The van der Waals surface area contributed by atoms with E-state index in [2.05, 4.69) is 10.2 Å². The van der Waals surface area contributed by atoms with Crippen LogP contribution in [-0.4, -0.2) is 65.5 Å². The highest BCUT2D eigenvalue weighted by atomic mass is 19.4. The van der Waals surface area contributed by atoms with Gasteiger partial charge in [0, 0.05) is 13.1 Å². The standard InChI is InChI=1S/C19H23F3N4O2/c1-24(10-13-2-4-15(5-3-13)19(20,21)22)12-26-16(27)18(23-17(26)28)11-25-8-6-14(18)7-9-25/h2-5,14H,6-12H2,1H3,(H,23,28)/t18-/m0/s1. The molecule has 4 heterocycles. The van der Waals surface area contributed by atoms with E-state index >= 15 is 0 Å². The van der Waals surface area contributed by atoms with Crippen LogP contribution >= 0.6 is 0 Å². The number of nitrogens with zero attached hydrogens (tertiary/aromatic N) is 3. The van der Waals surface area contributed by atoms with E-state index in [0.29, 0.717) is 18.7 Å². The van der Waals surface area contributed by atoms with Crippen LogP contribution in [0.1, 0.15) is 24.0 Å². The van der Waals surface area contributed by atoms with E-state index < -0.39 is 23.3 Å². The fraction of sp³-hybridized carbons (Fsp3) is 0.579. The van der Waals surface area contributed by atoms with Crippen molar-refractivity contribution in [3.8, 4) is 0 Å².